The van der Waals surface area contributed by atoms with Crippen LogP contribution < -0.4 is 0 Å². The average Bonchev–Trinajstić information content (AvgIpc) is 3.17. The number of carbonyl (C=O) groups is 2. The van der Waals surface area contributed by atoms with Crippen LogP contribution >= 0.6 is 0 Å². The van der Waals surface area contributed by atoms with Crippen molar-refractivity contribution in [2.45, 2.75) is 19.9 Å². The van der Waals surface area contributed by atoms with Crippen LogP contribution in [0.25, 0.3) is 0 Å². The lowest BCUT2D eigenvalue weighted by molar-refractivity contribution is -0.135. The lowest BCUT2D eigenvalue weighted by atomic mass is 10.1. The second kappa shape index (κ2) is 9.50. The van der Waals surface area contributed by atoms with Crippen LogP contribution in [0.5, 0.6) is 0 Å². The first kappa shape index (κ1) is 19.4. The summed E-state index contributed by atoms with van der Waals surface area (Å²) in [6, 6.07) is 21.2. The molecule has 0 bridgehead atoms. The minimum Gasteiger partial charge on any atom is -0.450 e. The van der Waals surface area contributed by atoms with Gasteiger partial charge in [-0.05, 0) is 24.5 Å². The van der Waals surface area contributed by atoms with Crippen LogP contribution in [0.3, 0.4) is 0 Å². The third-order valence-corrected chi connectivity index (χ3v) is 4.24. The van der Waals surface area contributed by atoms with E-state index in [1.54, 1.807) is 11.8 Å². The minimum absolute atomic E-state index is 0.0100. The largest absolute Gasteiger partial charge is 0.450 e. The van der Waals surface area contributed by atoms with Gasteiger partial charge < -0.3 is 14.2 Å². The fourth-order valence-corrected chi connectivity index (χ4v) is 2.75. The van der Waals surface area contributed by atoms with Crippen molar-refractivity contribution in [2.24, 2.45) is 0 Å². The van der Waals surface area contributed by atoms with E-state index in [2.05, 4.69) is 5.16 Å². The van der Waals surface area contributed by atoms with Gasteiger partial charge in [-0.2, -0.15) is 0 Å². The highest BCUT2D eigenvalue weighted by molar-refractivity contribution is 5.88. The number of rotatable bonds is 8. The van der Waals surface area contributed by atoms with Gasteiger partial charge >= 0.3 is 5.97 Å². The molecular weight excluding hydrogens is 356 g/mol. The van der Waals surface area contributed by atoms with Crippen LogP contribution in [0.1, 0.15) is 27.4 Å². The van der Waals surface area contributed by atoms with Crippen molar-refractivity contribution in [1.29, 1.82) is 0 Å². The maximum atomic E-state index is 12.7. The Kier molecular flexibility index (Phi) is 6.57. The van der Waals surface area contributed by atoms with E-state index >= 15 is 0 Å². The van der Waals surface area contributed by atoms with Gasteiger partial charge in [0.25, 0.3) is 5.91 Å². The van der Waals surface area contributed by atoms with Crippen LogP contribution in [0.2, 0.25) is 0 Å². The Morgan fingerprint density at radius 2 is 1.64 bits per heavy atom. The van der Waals surface area contributed by atoms with Crippen molar-refractivity contribution in [1.82, 2.24) is 10.1 Å². The Morgan fingerprint density at radius 1 is 1.00 bits per heavy atom. The molecule has 0 saturated heterocycles. The molecular formula is C22H22N2O4. The first-order valence-corrected chi connectivity index (χ1v) is 9.08. The molecule has 3 aromatic rings. The predicted octanol–water partition coefficient (Wildman–Crippen LogP) is 3.41. The smallest absolute Gasteiger partial charge is 0.377 e. The van der Waals surface area contributed by atoms with Gasteiger partial charge in [-0.15, -0.1) is 0 Å². The second-order valence-electron chi connectivity index (χ2n) is 6.45. The van der Waals surface area contributed by atoms with Crippen molar-refractivity contribution in [3.8, 4) is 0 Å². The number of hydrogen-bond donors (Lipinski definition) is 0. The molecule has 6 nitrogen and oxygen atoms in total. The molecule has 2 aromatic carbocycles. The molecule has 1 aromatic heterocycles. The summed E-state index contributed by atoms with van der Waals surface area (Å²) in [4.78, 5) is 26.4. The fraction of sp³-hybridized carbons (Fsp3) is 0.227. The minimum atomic E-state index is -0.698. The molecule has 1 amide bonds. The maximum Gasteiger partial charge on any atom is 0.377 e. The SMILES string of the molecule is Cc1cc(C(=O)OCC(=O)N(CCc2ccccc2)Cc2ccccc2)on1. The molecule has 0 radical (unpaired) electrons. The van der Waals surface area contributed by atoms with Crippen molar-refractivity contribution >= 4 is 11.9 Å². The Balaban J connectivity index is 1.62. The predicted molar refractivity (Wildman–Crippen MR) is 104 cm³/mol. The van der Waals surface area contributed by atoms with Gasteiger partial charge in [0.15, 0.2) is 6.61 Å². The van der Waals surface area contributed by atoms with Crippen LogP contribution in [0.4, 0.5) is 0 Å². The molecule has 0 aliphatic heterocycles. The van der Waals surface area contributed by atoms with Gasteiger partial charge in [0, 0.05) is 19.2 Å². The highest BCUT2D eigenvalue weighted by Crippen LogP contribution is 2.09. The van der Waals surface area contributed by atoms with Gasteiger partial charge in [-0.1, -0.05) is 65.8 Å². The molecule has 6 heteroatoms. The maximum absolute atomic E-state index is 12.7. The number of amides is 1. The van der Waals surface area contributed by atoms with Crippen LogP contribution in [0.15, 0.2) is 71.3 Å². The van der Waals surface area contributed by atoms with Crippen molar-refractivity contribution < 1.29 is 18.8 Å². The second-order valence-corrected chi connectivity index (χ2v) is 6.45. The highest BCUT2D eigenvalue weighted by Gasteiger charge is 2.19. The summed E-state index contributed by atoms with van der Waals surface area (Å²) >= 11 is 0. The summed E-state index contributed by atoms with van der Waals surface area (Å²) < 4.78 is 9.98. The number of ether oxygens (including phenoxy) is 1. The fourth-order valence-electron chi connectivity index (χ4n) is 2.75. The standard InChI is InChI=1S/C22H22N2O4/c1-17-14-20(28-23-17)22(26)27-16-21(25)24(15-19-10-6-3-7-11-19)13-12-18-8-4-2-5-9-18/h2-11,14H,12-13,15-16H2,1H3. The van der Waals surface area contributed by atoms with Gasteiger partial charge in [-0.25, -0.2) is 4.79 Å². The van der Waals surface area contributed by atoms with E-state index in [0.29, 0.717) is 25.2 Å². The molecule has 0 spiro atoms. The van der Waals surface area contributed by atoms with E-state index in [1.165, 1.54) is 6.07 Å². The summed E-state index contributed by atoms with van der Waals surface area (Å²) in [5.74, 6) is -0.967. The topological polar surface area (TPSA) is 72.6 Å². The molecule has 28 heavy (non-hydrogen) atoms. The molecule has 0 aliphatic rings. The van der Waals surface area contributed by atoms with E-state index in [0.717, 1.165) is 11.1 Å². The lowest BCUT2D eigenvalue weighted by Crippen LogP contribution is -2.35. The summed E-state index contributed by atoms with van der Waals surface area (Å²) in [5, 5.41) is 3.65. The zero-order valence-electron chi connectivity index (χ0n) is 15.7. The van der Waals surface area contributed by atoms with E-state index in [-0.39, 0.29) is 18.3 Å². The Labute approximate surface area is 163 Å². The molecule has 0 fully saturated rings. The number of aryl methyl sites for hydroxylation is 1. The van der Waals surface area contributed by atoms with Gasteiger partial charge in [0.2, 0.25) is 5.76 Å². The highest BCUT2D eigenvalue weighted by atomic mass is 16.6. The zero-order valence-corrected chi connectivity index (χ0v) is 15.7. The molecule has 0 saturated carbocycles. The van der Waals surface area contributed by atoms with Crippen molar-refractivity contribution in [3.05, 3.63) is 89.3 Å². The molecule has 0 unspecified atom stereocenters. The number of esters is 1. The molecule has 0 aliphatic carbocycles. The Morgan fingerprint density at radius 3 is 2.25 bits per heavy atom. The van der Waals surface area contributed by atoms with Gasteiger partial charge in [-0.3, -0.25) is 4.79 Å². The normalized spacial score (nSPS) is 10.5. The van der Waals surface area contributed by atoms with Gasteiger partial charge in [0.1, 0.15) is 0 Å². The Hall–Kier alpha value is -3.41. The third-order valence-electron chi connectivity index (χ3n) is 4.24. The summed E-state index contributed by atoms with van der Waals surface area (Å²) in [5.41, 5.74) is 2.73. The summed E-state index contributed by atoms with van der Waals surface area (Å²) in [7, 11) is 0. The third kappa shape index (κ3) is 5.54. The first-order chi connectivity index (χ1) is 13.6. The van der Waals surface area contributed by atoms with Gasteiger partial charge in [0.05, 0.1) is 5.69 Å². The molecule has 144 valence electrons. The Bertz CT molecular complexity index is 907. The number of benzene rings is 2. The van der Waals surface area contributed by atoms with E-state index < -0.39 is 5.97 Å². The van der Waals surface area contributed by atoms with Crippen molar-refractivity contribution in [3.63, 3.8) is 0 Å². The molecule has 3 rings (SSSR count). The van der Waals surface area contributed by atoms with E-state index in [9.17, 15) is 9.59 Å². The molecule has 1 heterocycles. The summed E-state index contributed by atoms with van der Waals surface area (Å²) in [6.45, 7) is 2.33. The zero-order chi connectivity index (χ0) is 19.8. The molecule has 0 atom stereocenters. The average molecular weight is 378 g/mol. The summed E-state index contributed by atoms with van der Waals surface area (Å²) in [6.07, 6.45) is 0.717. The van der Waals surface area contributed by atoms with E-state index in [1.807, 2.05) is 60.7 Å². The van der Waals surface area contributed by atoms with Crippen LogP contribution in [-0.4, -0.2) is 35.1 Å². The number of carbonyl (C=O) groups excluding carboxylic acids is 2. The number of nitrogens with zero attached hydrogens (tertiary/aromatic N) is 2. The quantitative estimate of drug-likeness (QED) is 0.562. The van der Waals surface area contributed by atoms with Crippen LogP contribution in [0, 0.1) is 6.92 Å². The monoisotopic (exact) mass is 378 g/mol. The van der Waals surface area contributed by atoms with Crippen LogP contribution in [-0.2, 0) is 22.5 Å². The number of hydrogen-bond acceptors (Lipinski definition) is 5. The molecule has 0 N–H and O–H groups in total. The van der Waals surface area contributed by atoms with Crippen molar-refractivity contribution in [2.75, 3.05) is 13.2 Å². The lowest BCUT2D eigenvalue weighted by Gasteiger charge is -2.23. The number of aromatic nitrogens is 1. The first-order valence-electron chi connectivity index (χ1n) is 9.08. The van der Waals surface area contributed by atoms with E-state index in [4.69, 9.17) is 9.26 Å².